The van der Waals surface area contributed by atoms with Gasteiger partial charge in [-0.05, 0) is 54.6 Å². The lowest BCUT2D eigenvalue weighted by atomic mass is 9.99. The molecule has 9 nitrogen and oxygen atoms in total. The molecule has 3 heterocycles. The summed E-state index contributed by atoms with van der Waals surface area (Å²) in [6.45, 7) is 4.22. The quantitative estimate of drug-likeness (QED) is 0.256. The van der Waals surface area contributed by atoms with E-state index in [-0.39, 0.29) is 11.3 Å². The van der Waals surface area contributed by atoms with Gasteiger partial charge in [-0.25, -0.2) is 9.37 Å². The molecule has 2 N–H and O–H groups in total. The van der Waals surface area contributed by atoms with Crippen molar-refractivity contribution in [3.05, 3.63) is 78.2 Å². The maximum atomic E-state index is 14.4. The van der Waals surface area contributed by atoms with Gasteiger partial charge in [0, 0.05) is 60.4 Å². The molecule has 10 heteroatoms. The summed E-state index contributed by atoms with van der Waals surface area (Å²) in [5.74, 6) is -0.718. The van der Waals surface area contributed by atoms with E-state index in [2.05, 4.69) is 25.5 Å². The van der Waals surface area contributed by atoms with Crippen LogP contribution in [0.5, 0.6) is 0 Å². The lowest BCUT2D eigenvalue weighted by Gasteiger charge is -2.29. The van der Waals surface area contributed by atoms with Crippen LogP contribution >= 0.6 is 0 Å². The molecule has 2 fully saturated rings. The molecule has 2 saturated heterocycles. The highest BCUT2D eigenvalue weighted by Crippen LogP contribution is 2.30. The Bertz CT molecular complexity index is 1570. The van der Waals surface area contributed by atoms with Crippen LogP contribution in [0.3, 0.4) is 0 Å². The Labute approximate surface area is 231 Å². The number of carbonyl (C=O) groups excluding carboxylic acids is 2. The van der Waals surface area contributed by atoms with Gasteiger partial charge in [-0.2, -0.15) is 4.98 Å². The van der Waals surface area contributed by atoms with E-state index in [4.69, 9.17) is 4.74 Å². The summed E-state index contributed by atoms with van der Waals surface area (Å²) in [7, 11) is 0. The van der Waals surface area contributed by atoms with Crippen molar-refractivity contribution >= 4 is 51.3 Å². The number of hydrogen-bond acceptors (Lipinski definition) is 8. The van der Waals surface area contributed by atoms with Crippen LogP contribution in [0.4, 0.5) is 33.2 Å². The number of nitrogens with zero attached hydrogens (tertiary/aromatic N) is 4. The number of halogens is 1. The summed E-state index contributed by atoms with van der Waals surface area (Å²) in [6.07, 6.45) is 3.98. The summed E-state index contributed by atoms with van der Waals surface area (Å²) >= 11 is 0. The Morgan fingerprint density at radius 1 is 0.875 bits per heavy atom. The molecule has 0 radical (unpaired) electrons. The summed E-state index contributed by atoms with van der Waals surface area (Å²) < 4.78 is 19.8. The van der Waals surface area contributed by atoms with Crippen molar-refractivity contribution < 1.29 is 18.7 Å². The van der Waals surface area contributed by atoms with Gasteiger partial charge in [-0.15, -0.1) is 0 Å². The van der Waals surface area contributed by atoms with Crippen LogP contribution in [0.25, 0.3) is 10.8 Å². The molecular weight excluding hydrogens is 511 g/mol. The Morgan fingerprint density at radius 2 is 1.65 bits per heavy atom. The highest BCUT2D eigenvalue weighted by atomic mass is 19.1. The third kappa shape index (κ3) is 5.43. The largest absolute Gasteiger partial charge is 0.378 e. The van der Waals surface area contributed by atoms with Gasteiger partial charge in [0.1, 0.15) is 11.6 Å². The molecule has 1 amide bonds. The number of nitrogens with one attached hydrogen (secondary N) is 2. The number of fused-ring (bicyclic) bond motifs is 1. The lowest BCUT2D eigenvalue weighted by molar-refractivity contribution is -0.112. The van der Waals surface area contributed by atoms with E-state index in [1.807, 2.05) is 23.1 Å². The highest BCUT2D eigenvalue weighted by molar-refractivity contribution is 6.48. The molecule has 0 spiro atoms. The lowest BCUT2D eigenvalue weighted by Crippen LogP contribution is -2.36. The first-order valence-corrected chi connectivity index (χ1v) is 13.4. The average Bonchev–Trinajstić information content (AvgIpc) is 3.53. The number of benzene rings is 3. The standard InChI is InChI=1S/C30H29FN6O3/c31-20-17-21(19-22(18-20)36-13-15-40-16-14-36)33-29(39)28(38)25-7-8-26(24-6-2-1-5-23(24)25)34-27-9-10-32-30(35-27)37-11-3-4-12-37/h1-2,5-10,17-19H,3-4,11-16H2,(H,33,39)(H,32,34,35). The SMILES string of the molecule is O=C(Nc1cc(F)cc(N2CCOCC2)c1)C(=O)c1ccc(Nc2ccnc(N3CCCC3)n2)c2ccccc12. The van der Waals surface area contributed by atoms with Crippen molar-refractivity contribution in [3.8, 4) is 0 Å². The number of rotatable bonds is 7. The predicted molar refractivity (Wildman–Crippen MR) is 153 cm³/mol. The molecular formula is C30H29FN6O3. The van der Waals surface area contributed by atoms with Crippen molar-refractivity contribution in [1.29, 1.82) is 0 Å². The number of ether oxygens (including phenoxy) is 1. The number of carbonyl (C=O) groups is 2. The number of ketones is 1. The minimum absolute atomic E-state index is 0.222. The van der Waals surface area contributed by atoms with Crippen LogP contribution in [0.2, 0.25) is 0 Å². The zero-order chi connectivity index (χ0) is 27.5. The molecule has 2 aliphatic rings. The van der Waals surface area contributed by atoms with Gasteiger partial charge in [0.2, 0.25) is 5.95 Å². The van der Waals surface area contributed by atoms with Crippen LogP contribution in [0, 0.1) is 5.82 Å². The zero-order valence-corrected chi connectivity index (χ0v) is 21.9. The zero-order valence-electron chi connectivity index (χ0n) is 21.9. The molecule has 0 unspecified atom stereocenters. The van der Waals surface area contributed by atoms with Crippen LogP contribution in [-0.2, 0) is 9.53 Å². The van der Waals surface area contributed by atoms with Gasteiger partial charge >= 0.3 is 0 Å². The van der Waals surface area contributed by atoms with Gasteiger partial charge in [-0.1, -0.05) is 24.3 Å². The van der Waals surface area contributed by atoms with E-state index >= 15 is 0 Å². The van der Waals surface area contributed by atoms with Crippen molar-refractivity contribution in [2.24, 2.45) is 0 Å². The van der Waals surface area contributed by atoms with Crippen LogP contribution < -0.4 is 20.4 Å². The second-order valence-corrected chi connectivity index (χ2v) is 9.85. The molecule has 0 aliphatic carbocycles. The third-order valence-corrected chi connectivity index (χ3v) is 7.19. The Hall–Kier alpha value is -4.57. The van der Waals surface area contributed by atoms with Crippen molar-refractivity contribution in [2.45, 2.75) is 12.8 Å². The first-order valence-electron chi connectivity index (χ1n) is 13.4. The normalized spacial score (nSPS) is 15.3. The summed E-state index contributed by atoms with van der Waals surface area (Å²) in [5.41, 5.74) is 1.85. The number of Topliss-reactive ketones (excluding diaryl/α,β-unsaturated/α-hetero) is 1. The van der Waals surface area contributed by atoms with E-state index in [1.54, 1.807) is 36.5 Å². The van der Waals surface area contributed by atoms with Crippen molar-refractivity contribution in [3.63, 3.8) is 0 Å². The number of hydrogen-bond donors (Lipinski definition) is 2. The van der Waals surface area contributed by atoms with Crippen LogP contribution in [-0.4, -0.2) is 61.1 Å². The predicted octanol–water partition coefficient (Wildman–Crippen LogP) is 4.77. The van der Waals surface area contributed by atoms with Crippen molar-refractivity contribution in [2.75, 3.05) is 59.8 Å². The number of anilines is 5. The second kappa shape index (κ2) is 11.3. The molecule has 40 heavy (non-hydrogen) atoms. The minimum atomic E-state index is -0.838. The number of morpholine rings is 1. The molecule has 1 aromatic heterocycles. The van der Waals surface area contributed by atoms with Gasteiger partial charge in [0.25, 0.3) is 11.7 Å². The fourth-order valence-corrected chi connectivity index (χ4v) is 5.19. The van der Waals surface area contributed by atoms with Crippen LogP contribution in [0.1, 0.15) is 23.2 Å². The molecule has 6 rings (SSSR count). The van der Waals surface area contributed by atoms with Gasteiger partial charge in [0.15, 0.2) is 0 Å². The third-order valence-electron chi connectivity index (χ3n) is 7.19. The average molecular weight is 541 g/mol. The fourth-order valence-electron chi connectivity index (χ4n) is 5.19. The molecule has 3 aromatic carbocycles. The molecule has 4 aromatic rings. The molecule has 0 saturated carbocycles. The first kappa shape index (κ1) is 25.7. The van der Waals surface area contributed by atoms with Gasteiger partial charge < -0.3 is 25.2 Å². The van der Waals surface area contributed by atoms with E-state index in [9.17, 15) is 14.0 Å². The van der Waals surface area contributed by atoms with E-state index in [1.165, 1.54) is 12.1 Å². The first-order chi connectivity index (χ1) is 19.5. The Kier molecular flexibility index (Phi) is 7.24. The Morgan fingerprint density at radius 3 is 2.45 bits per heavy atom. The second-order valence-electron chi connectivity index (χ2n) is 9.85. The van der Waals surface area contributed by atoms with Gasteiger partial charge in [-0.3, -0.25) is 9.59 Å². The summed E-state index contributed by atoms with van der Waals surface area (Å²) in [4.78, 5) is 39.6. The summed E-state index contributed by atoms with van der Waals surface area (Å²) in [6, 6.07) is 16.8. The topological polar surface area (TPSA) is 99.7 Å². The number of aromatic nitrogens is 2. The van der Waals surface area contributed by atoms with Gasteiger partial charge in [0.05, 0.1) is 13.2 Å². The highest BCUT2D eigenvalue weighted by Gasteiger charge is 2.22. The van der Waals surface area contributed by atoms with Crippen LogP contribution in [0.15, 0.2) is 66.9 Å². The monoisotopic (exact) mass is 540 g/mol. The minimum Gasteiger partial charge on any atom is -0.378 e. The fraction of sp³-hybridized carbons (Fsp3) is 0.267. The molecule has 2 aliphatic heterocycles. The summed E-state index contributed by atoms with van der Waals surface area (Å²) in [5, 5.41) is 7.32. The Balaban J connectivity index is 1.23. The molecule has 0 atom stereocenters. The maximum absolute atomic E-state index is 14.4. The van der Waals surface area contributed by atoms with Crippen molar-refractivity contribution in [1.82, 2.24) is 9.97 Å². The molecule has 204 valence electrons. The van der Waals surface area contributed by atoms with E-state index < -0.39 is 17.5 Å². The maximum Gasteiger partial charge on any atom is 0.296 e. The van der Waals surface area contributed by atoms with E-state index in [0.29, 0.717) is 49.1 Å². The molecule has 0 bridgehead atoms. The smallest absolute Gasteiger partial charge is 0.296 e. The van der Waals surface area contributed by atoms with E-state index in [0.717, 1.165) is 37.0 Å². The number of amides is 1.